The van der Waals surface area contributed by atoms with Crippen molar-refractivity contribution in [3.05, 3.63) is 53.1 Å². The molecule has 1 saturated heterocycles. The lowest BCUT2D eigenvalue weighted by atomic mass is 9.97. The Morgan fingerprint density at radius 1 is 1.11 bits per heavy atom. The SMILES string of the molecule is CC(C)(C)Cn1ncc(-c2ccc(C(=O)N3CCN(c4nc5nc(Cl)ccc5o4)CC3)cc2F)n1. The molecular weight excluding hydrogens is 473 g/mol. The van der Waals surface area contributed by atoms with Crippen LogP contribution in [0.5, 0.6) is 0 Å². The number of oxazole rings is 1. The summed E-state index contributed by atoms with van der Waals surface area (Å²) in [5, 5.41) is 8.97. The van der Waals surface area contributed by atoms with Crippen LogP contribution in [0, 0.1) is 11.2 Å². The first-order chi connectivity index (χ1) is 16.7. The van der Waals surface area contributed by atoms with Crippen LogP contribution in [-0.4, -0.2) is 61.9 Å². The van der Waals surface area contributed by atoms with E-state index in [0.717, 1.165) is 0 Å². The average Bonchev–Trinajstić information content (AvgIpc) is 3.44. The maximum absolute atomic E-state index is 14.9. The number of hydrogen-bond acceptors (Lipinski definition) is 7. The molecule has 5 rings (SSSR count). The Hall–Kier alpha value is -3.53. The van der Waals surface area contributed by atoms with Crippen LogP contribution in [0.4, 0.5) is 10.4 Å². The first-order valence-electron chi connectivity index (χ1n) is 11.3. The number of nitrogens with zero attached hydrogens (tertiary/aromatic N) is 7. The van der Waals surface area contributed by atoms with E-state index in [9.17, 15) is 9.18 Å². The number of rotatable bonds is 4. The van der Waals surface area contributed by atoms with Crippen LogP contribution in [0.1, 0.15) is 31.1 Å². The molecule has 0 unspecified atom stereocenters. The highest BCUT2D eigenvalue weighted by Crippen LogP contribution is 2.25. The minimum Gasteiger partial charge on any atom is -0.422 e. The number of piperazine rings is 1. The highest BCUT2D eigenvalue weighted by molar-refractivity contribution is 6.29. The number of pyridine rings is 1. The van der Waals surface area contributed by atoms with Gasteiger partial charge in [0.05, 0.1) is 12.7 Å². The summed E-state index contributed by atoms with van der Waals surface area (Å²) in [6.07, 6.45) is 1.54. The van der Waals surface area contributed by atoms with Gasteiger partial charge in [0.15, 0.2) is 5.58 Å². The van der Waals surface area contributed by atoms with Gasteiger partial charge in [-0.05, 0) is 35.7 Å². The van der Waals surface area contributed by atoms with Crippen molar-refractivity contribution in [3.8, 4) is 11.3 Å². The molecule has 0 radical (unpaired) electrons. The topological polar surface area (TPSA) is 93.2 Å². The van der Waals surface area contributed by atoms with E-state index in [2.05, 4.69) is 40.9 Å². The summed E-state index contributed by atoms with van der Waals surface area (Å²) in [6, 6.07) is 8.30. The highest BCUT2D eigenvalue weighted by Gasteiger charge is 2.26. The third kappa shape index (κ3) is 4.97. The van der Waals surface area contributed by atoms with Crippen LogP contribution in [0.2, 0.25) is 5.15 Å². The van der Waals surface area contributed by atoms with Crippen LogP contribution in [-0.2, 0) is 6.54 Å². The van der Waals surface area contributed by atoms with Crippen molar-refractivity contribution in [3.63, 3.8) is 0 Å². The van der Waals surface area contributed by atoms with Gasteiger partial charge in [-0.2, -0.15) is 20.0 Å². The Balaban J connectivity index is 1.25. The van der Waals surface area contributed by atoms with Gasteiger partial charge in [-0.15, -0.1) is 0 Å². The third-order valence-corrected chi connectivity index (χ3v) is 5.90. The molecule has 1 aliphatic heterocycles. The highest BCUT2D eigenvalue weighted by atomic mass is 35.5. The number of aromatic nitrogens is 5. The van der Waals surface area contributed by atoms with E-state index in [0.29, 0.717) is 71.9 Å². The van der Waals surface area contributed by atoms with Crippen molar-refractivity contribution in [1.82, 2.24) is 29.9 Å². The van der Waals surface area contributed by atoms with E-state index in [1.54, 1.807) is 40.2 Å². The van der Waals surface area contributed by atoms with Gasteiger partial charge in [-0.25, -0.2) is 9.37 Å². The Labute approximate surface area is 206 Å². The van der Waals surface area contributed by atoms with Crippen LogP contribution < -0.4 is 4.90 Å². The van der Waals surface area contributed by atoms with Crippen molar-refractivity contribution in [2.24, 2.45) is 5.41 Å². The van der Waals surface area contributed by atoms with E-state index in [1.165, 1.54) is 6.07 Å². The lowest BCUT2D eigenvalue weighted by Crippen LogP contribution is -2.49. The number of hydrogen-bond donors (Lipinski definition) is 0. The summed E-state index contributed by atoms with van der Waals surface area (Å²) in [4.78, 5) is 26.8. The van der Waals surface area contributed by atoms with E-state index >= 15 is 0 Å². The summed E-state index contributed by atoms with van der Waals surface area (Å²) in [7, 11) is 0. The molecule has 1 fully saturated rings. The number of anilines is 1. The van der Waals surface area contributed by atoms with E-state index in [4.69, 9.17) is 16.0 Å². The van der Waals surface area contributed by atoms with Gasteiger partial charge in [0.25, 0.3) is 11.9 Å². The molecule has 0 N–H and O–H groups in total. The van der Waals surface area contributed by atoms with Gasteiger partial charge in [-0.3, -0.25) is 4.79 Å². The second kappa shape index (κ2) is 8.92. The van der Waals surface area contributed by atoms with Gasteiger partial charge >= 0.3 is 0 Å². The number of benzene rings is 1. The van der Waals surface area contributed by atoms with Crippen LogP contribution in [0.15, 0.2) is 40.9 Å². The van der Waals surface area contributed by atoms with Crippen LogP contribution in [0.25, 0.3) is 22.5 Å². The van der Waals surface area contributed by atoms with Crippen LogP contribution >= 0.6 is 11.6 Å². The fourth-order valence-corrected chi connectivity index (χ4v) is 4.12. The number of fused-ring (bicyclic) bond motifs is 1. The monoisotopic (exact) mass is 497 g/mol. The predicted octanol–water partition coefficient (Wildman–Crippen LogP) is 4.28. The van der Waals surface area contributed by atoms with Crippen LogP contribution in [0.3, 0.4) is 0 Å². The molecule has 0 spiro atoms. The second-order valence-electron chi connectivity index (χ2n) is 9.75. The fraction of sp³-hybridized carbons (Fsp3) is 0.375. The zero-order valence-corrected chi connectivity index (χ0v) is 20.5. The van der Waals surface area contributed by atoms with E-state index in [1.807, 2.05) is 4.90 Å². The van der Waals surface area contributed by atoms with E-state index in [-0.39, 0.29) is 11.3 Å². The van der Waals surface area contributed by atoms with Crippen molar-refractivity contribution in [2.45, 2.75) is 27.3 Å². The Kier molecular flexibility index (Phi) is 5.92. The number of halogens is 2. The summed E-state index contributed by atoms with van der Waals surface area (Å²) in [6.45, 7) is 8.83. The average molecular weight is 498 g/mol. The summed E-state index contributed by atoms with van der Waals surface area (Å²) >= 11 is 5.92. The molecule has 0 atom stereocenters. The molecular formula is C24H25ClFN7O2. The minimum absolute atomic E-state index is 0.000212. The summed E-state index contributed by atoms with van der Waals surface area (Å²) < 4.78 is 20.7. The Bertz CT molecular complexity index is 1390. The molecule has 11 heteroatoms. The molecule has 0 bridgehead atoms. The quantitative estimate of drug-likeness (QED) is 0.388. The maximum atomic E-state index is 14.9. The second-order valence-corrected chi connectivity index (χ2v) is 10.1. The summed E-state index contributed by atoms with van der Waals surface area (Å²) in [5.41, 5.74) is 2.05. The van der Waals surface area contributed by atoms with Crippen molar-refractivity contribution < 1.29 is 13.6 Å². The molecule has 0 aliphatic carbocycles. The molecule has 1 aromatic carbocycles. The molecule has 182 valence electrons. The smallest absolute Gasteiger partial charge is 0.300 e. The minimum atomic E-state index is -0.505. The lowest BCUT2D eigenvalue weighted by Gasteiger charge is -2.33. The Morgan fingerprint density at radius 2 is 1.89 bits per heavy atom. The molecule has 35 heavy (non-hydrogen) atoms. The molecule has 4 heterocycles. The van der Waals surface area contributed by atoms with Gasteiger partial charge in [-0.1, -0.05) is 32.4 Å². The predicted molar refractivity (Wildman–Crippen MR) is 130 cm³/mol. The zero-order valence-electron chi connectivity index (χ0n) is 19.7. The molecule has 1 amide bonds. The fourth-order valence-electron chi connectivity index (χ4n) is 3.98. The number of carbonyl (C=O) groups excluding carboxylic acids is 1. The first kappa shape index (κ1) is 23.2. The van der Waals surface area contributed by atoms with Gasteiger partial charge in [0, 0.05) is 37.3 Å². The number of carbonyl (C=O) groups is 1. The molecule has 9 nitrogen and oxygen atoms in total. The number of amides is 1. The molecule has 0 saturated carbocycles. The maximum Gasteiger partial charge on any atom is 0.300 e. The van der Waals surface area contributed by atoms with Gasteiger partial charge in [0.2, 0.25) is 5.65 Å². The van der Waals surface area contributed by atoms with Gasteiger partial charge < -0.3 is 14.2 Å². The van der Waals surface area contributed by atoms with Crippen molar-refractivity contribution in [1.29, 1.82) is 0 Å². The van der Waals surface area contributed by atoms with Crippen molar-refractivity contribution >= 4 is 34.8 Å². The first-order valence-corrected chi connectivity index (χ1v) is 11.7. The molecule has 3 aromatic heterocycles. The van der Waals surface area contributed by atoms with E-state index < -0.39 is 5.82 Å². The van der Waals surface area contributed by atoms with Gasteiger partial charge in [0.1, 0.15) is 16.7 Å². The largest absolute Gasteiger partial charge is 0.422 e. The lowest BCUT2D eigenvalue weighted by molar-refractivity contribution is 0.0744. The summed E-state index contributed by atoms with van der Waals surface area (Å²) in [5.74, 6) is -0.729. The standard InChI is InChI=1S/C24H25ClFN7O2/c1-24(2,3)14-33-27-13-18(30-33)16-5-4-15(12-17(16)26)22(34)31-8-10-32(11-9-31)23-29-21-19(35-23)6-7-20(25)28-21/h4-7,12-13H,8-11,14H2,1-3H3. The molecule has 4 aromatic rings. The Morgan fingerprint density at radius 3 is 2.60 bits per heavy atom. The third-order valence-electron chi connectivity index (χ3n) is 5.69. The molecule has 1 aliphatic rings. The zero-order chi connectivity index (χ0) is 24.7. The van der Waals surface area contributed by atoms with Crippen molar-refractivity contribution in [2.75, 3.05) is 31.1 Å². The normalized spacial score (nSPS) is 14.7.